The number of ether oxygens (including phenoxy) is 1. The van der Waals surface area contributed by atoms with Gasteiger partial charge in [-0.1, -0.05) is 55.7 Å². The lowest BCUT2D eigenvalue weighted by atomic mass is 9.95. The van der Waals surface area contributed by atoms with E-state index in [0.29, 0.717) is 17.1 Å². The van der Waals surface area contributed by atoms with Crippen LogP contribution in [-0.4, -0.2) is 41.7 Å². The van der Waals surface area contributed by atoms with Gasteiger partial charge in [0.25, 0.3) is 5.91 Å². The van der Waals surface area contributed by atoms with E-state index in [1.165, 1.54) is 6.42 Å². The molecule has 1 saturated carbocycles. The third-order valence-electron chi connectivity index (χ3n) is 5.89. The largest absolute Gasteiger partial charge is 0.497 e. The Kier molecular flexibility index (Phi) is 6.62. The first-order chi connectivity index (χ1) is 14.7. The fraction of sp³-hybridized carbons (Fsp3) is 0.417. The second-order valence-corrected chi connectivity index (χ2v) is 9.01. The van der Waals surface area contributed by atoms with Crippen molar-refractivity contribution < 1.29 is 14.3 Å². The molecule has 0 spiro atoms. The smallest absolute Gasteiger partial charge is 0.255 e. The fourth-order valence-electron chi connectivity index (χ4n) is 4.28. The van der Waals surface area contributed by atoms with Gasteiger partial charge in [0.1, 0.15) is 17.2 Å². The summed E-state index contributed by atoms with van der Waals surface area (Å²) in [5.41, 5.74) is 1.57. The van der Waals surface area contributed by atoms with Crippen molar-refractivity contribution in [1.82, 2.24) is 10.2 Å². The van der Waals surface area contributed by atoms with E-state index in [2.05, 4.69) is 5.32 Å². The Morgan fingerprint density at radius 3 is 2.53 bits per heavy atom. The van der Waals surface area contributed by atoms with E-state index in [0.717, 1.165) is 31.2 Å². The molecule has 2 fully saturated rings. The van der Waals surface area contributed by atoms with Crippen LogP contribution >= 0.6 is 11.8 Å². The van der Waals surface area contributed by atoms with Crippen LogP contribution in [0.4, 0.5) is 0 Å². The molecule has 1 aliphatic carbocycles. The number of amides is 2. The average Bonchev–Trinajstić information content (AvgIpc) is 3.25. The van der Waals surface area contributed by atoms with Crippen LogP contribution in [0.5, 0.6) is 5.75 Å². The van der Waals surface area contributed by atoms with Crippen molar-refractivity contribution in [2.75, 3.05) is 12.9 Å². The summed E-state index contributed by atoms with van der Waals surface area (Å²) in [4.78, 5) is 28.6. The van der Waals surface area contributed by atoms with Crippen LogP contribution in [0, 0.1) is 0 Å². The Bertz CT molecular complexity index is 883. The summed E-state index contributed by atoms with van der Waals surface area (Å²) in [6.07, 6.45) is 5.60. The monoisotopic (exact) mass is 424 g/mol. The second kappa shape index (κ2) is 9.56. The summed E-state index contributed by atoms with van der Waals surface area (Å²) in [6.45, 7) is 0. The van der Waals surface area contributed by atoms with E-state index in [9.17, 15) is 9.59 Å². The summed E-state index contributed by atoms with van der Waals surface area (Å²) in [7, 11) is 1.59. The highest BCUT2D eigenvalue weighted by atomic mass is 32.2. The highest BCUT2D eigenvalue weighted by Crippen LogP contribution is 2.42. The molecular weight excluding hydrogens is 396 g/mol. The van der Waals surface area contributed by atoms with Gasteiger partial charge in [0, 0.05) is 17.4 Å². The van der Waals surface area contributed by atoms with Crippen LogP contribution in [0.25, 0.3) is 0 Å². The van der Waals surface area contributed by atoms with Gasteiger partial charge in [-0.2, -0.15) is 0 Å². The Hall–Kier alpha value is -2.47. The molecule has 4 rings (SSSR count). The number of methoxy groups -OCH3 is 1. The van der Waals surface area contributed by atoms with Crippen molar-refractivity contribution in [1.29, 1.82) is 0 Å². The zero-order valence-electron chi connectivity index (χ0n) is 17.3. The highest BCUT2D eigenvalue weighted by molar-refractivity contribution is 7.99. The third-order valence-corrected chi connectivity index (χ3v) is 7.21. The first-order valence-corrected chi connectivity index (χ1v) is 11.7. The lowest BCUT2D eigenvalue weighted by Crippen LogP contribution is -2.50. The number of hydrogen-bond donors (Lipinski definition) is 1. The molecule has 2 aromatic carbocycles. The predicted molar refractivity (Wildman–Crippen MR) is 120 cm³/mol. The lowest BCUT2D eigenvalue weighted by molar-refractivity contribution is -0.125. The van der Waals surface area contributed by atoms with Crippen molar-refractivity contribution >= 4 is 23.6 Å². The molecule has 6 heteroatoms. The molecule has 2 atom stereocenters. The summed E-state index contributed by atoms with van der Waals surface area (Å²) in [6, 6.07) is 16.8. The number of rotatable bonds is 5. The second-order valence-electron chi connectivity index (χ2n) is 7.90. The van der Waals surface area contributed by atoms with E-state index >= 15 is 0 Å². The molecule has 2 aromatic rings. The zero-order valence-corrected chi connectivity index (χ0v) is 18.1. The molecule has 2 amide bonds. The van der Waals surface area contributed by atoms with Crippen molar-refractivity contribution in [3.8, 4) is 5.75 Å². The summed E-state index contributed by atoms with van der Waals surface area (Å²) in [5.74, 6) is 1.04. The molecule has 1 heterocycles. The van der Waals surface area contributed by atoms with E-state index in [1.54, 1.807) is 35.9 Å². The SMILES string of the molecule is COc1cccc(C(=O)N2C(C(=O)NC3CCCCC3)CSC2c2ccccc2)c1. The number of carbonyl (C=O) groups excluding carboxylic acids is 2. The Balaban J connectivity index is 1.61. The normalized spacial score (nSPS) is 22.0. The van der Waals surface area contributed by atoms with Gasteiger partial charge in [-0.25, -0.2) is 0 Å². The van der Waals surface area contributed by atoms with Gasteiger partial charge in [0.05, 0.1) is 7.11 Å². The zero-order chi connectivity index (χ0) is 20.9. The van der Waals surface area contributed by atoms with Gasteiger partial charge in [0.2, 0.25) is 5.91 Å². The summed E-state index contributed by atoms with van der Waals surface area (Å²) >= 11 is 1.65. The average molecular weight is 425 g/mol. The van der Waals surface area contributed by atoms with Crippen LogP contribution in [0.15, 0.2) is 54.6 Å². The summed E-state index contributed by atoms with van der Waals surface area (Å²) < 4.78 is 5.30. The van der Waals surface area contributed by atoms with Gasteiger partial charge in [-0.15, -0.1) is 11.8 Å². The van der Waals surface area contributed by atoms with Gasteiger partial charge in [-0.05, 0) is 36.6 Å². The van der Waals surface area contributed by atoms with Crippen LogP contribution in [-0.2, 0) is 4.79 Å². The Labute approximate surface area is 182 Å². The maximum atomic E-state index is 13.6. The molecule has 2 aliphatic rings. The van der Waals surface area contributed by atoms with Crippen LogP contribution in [0.3, 0.4) is 0 Å². The Morgan fingerprint density at radius 1 is 1.03 bits per heavy atom. The molecule has 30 heavy (non-hydrogen) atoms. The van der Waals surface area contributed by atoms with Crippen molar-refractivity contribution in [3.63, 3.8) is 0 Å². The van der Waals surface area contributed by atoms with E-state index < -0.39 is 6.04 Å². The first kappa shape index (κ1) is 20.8. The van der Waals surface area contributed by atoms with Gasteiger partial charge >= 0.3 is 0 Å². The molecular formula is C24H28N2O3S. The Morgan fingerprint density at radius 2 is 1.80 bits per heavy atom. The number of hydrogen-bond acceptors (Lipinski definition) is 4. The van der Waals surface area contributed by atoms with E-state index in [-0.39, 0.29) is 23.2 Å². The van der Waals surface area contributed by atoms with Crippen molar-refractivity contribution in [2.45, 2.75) is 49.6 Å². The minimum atomic E-state index is -0.485. The fourth-order valence-corrected chi connectivity index (χ4v) is 5.71. The third kappa shape index (κ3) is 4.48. The molecule has 1 aliphatic heterocycles. The number of nitrogens with zero attached hydrogens (tertiary/aromatic N) is 1. The van der Waals surface area contributed by atoms with Crippen LogP contribution in [0.1, 0.15) is 53.4 Å². The number of carbonyl (C=O) groups is 2. The lowest BCUT2D eigenvalue weighted by Gasteiger charge is -2.31. The predicted octanol–water partition coefficient (Wildman–Crippen LogP) is 4.40. The van der Waals surface area contributed by atoms with Gasteiger partial charge in [-0.3, -0.25) is 9.59 Å². The molecule has 158 valence electrons. The number of nitrogens with one attached hydrogen (secondary N) is 1. The molecule has 2 unspecified atom stereocenters. The van der Waals surface area contributed by atoms with Crippen molar-refractivity contribution in [2.24, 2.45) is 0 Å². The summed E-state index contributed by atoms with van der Waals surface area (Å²) in [5, 5.41) is 3.03. The molecule has 1 saturated heterocycles. The quantitative estimate of drug-likeness (QED) is 0.773. The molecule has 1 N–H and O–H groups in total. The molecule has 0 aromatic heterocycles. The molecule has 0 bridgehead atoms. The van der Waals surface area contributed by atoms with Crippen molar-refractivity contribution in [3.05, 3.63) is 65.7 Å². The standard InChI is InChI=1S/C24H28N2O3S/c1-29-20-14-8-11-18(15-20)23(28)26-21(22(27)25-19-12-6-3-7-13-19)16-30-24(26)17-9-4-2-5-10-17/h2,4-5,8-11,14-15,19,21,24H,3,6-7,12-13,16H2,1H3,(H,25,27). The minimum absolute atomic E-state index is 0.0379. The topological polar surface area (TPSA) is 58.6 Å². The molecule has 0 radical (unpaired) electrons. The van der Waals surface area contributed by atoms with E-state index in [1.807, 2.05) is 42.5 Å². The minimum Gasteiger partial charge on any atom is -0.497 e. The maximum absolute atomic E-state index is 13.6. The van der Waals surface area contributed by atoms with Crippen LogP contribution < -0.4 is 10.1 Å². The first-order valence-electron chi connectivity index (χ1n) is 10.6. The number of benzene rings is 2. The van der Waals surface area contributed by atoms with Gasteiger partial charge in [0.15, 0.2) is 0 Å². The maximum Gasteiger partial charge on any atom is 0.255 e. The van der Waals surface area contributed by atoms with E-state index in [4.69, 9.17) is 4.74 Å². The molecule has 5 nitrogen and oxygen atoms in total. The number of thioether (sulfide) groups is 1. The van der Waals surface area contributed by atoms with Gasteiger partial charge < -0.3 is 15.0 Å². The highest BCUT2D eigenvalue weighted by Gasteiger charge is 2.43. The van der Waals surface area contributed by atoms with Crippen LogP contribution in [0.2, 0.25) is 0 Å².